The van der Waals surface area contributed by atoms with Gasteiger partial charge < -0.3 is 15.5 Å². The van der Waals surface area contributed by atoms with E-state index in [-0.39, 0.29) is 30.1 Å². The third-order valence-electron chi connectivity index (χ3n) is 6.34. The third kappa shape index (κ3) is 3.94. The first-order valence-corrected chi connectivity index (χ1v) is 10.9. The minimum Gasteiger partial charge on any atom is -0.351 e. The fraction of sp³-hybridized carbons (Fsp3) is 0.478. The largest absolute Gasteiger partial charge is 0.351 e. The quantitative estimate of drug-likeness (QED) is 0.773. The second-order valence-electron chi connectivity index (χ2n) is 8.67. The highest BCUT2D eigenvalue weighted by atomic mass is 16.2. The molecule has 1 saturated carbocycles. The minimum atomic E-state index is -1.06. The molecule has 164 valence electrons. The van der Waals surface area contributed by atoms with Crippen LogP contribution >= 0.6 is 0 Å². The number of anilines is 1. The summed E-state index contributed by atoms with van der Waals surface area (Å²) < 4.78 is 1.49. The number of hydrogen-bond acceptors (Lipinski definition) is 4. The van der Waals surface area contributed by atoms with Crippen LogP contribution < -0.4 is 10.6 Å². The van der Waals surface area contributed by atoms with Gasteiger partial charge in [-0.15, -0.1) is 0 Å². The highest BCUT2D eigenvalue weighted by molar-refractivity contribution is 6.05. The van der Waals surface area contributed by atoms with Crippen molar-refractivity contribution >= 4 is 23.4 Å². The lowest BCUT2D eigenvalue weighted by molar-refractivity contribution is -0.133. The molecule has 1 aliphatic heterocycles. The second kappa shape index (κ2) is 8.17. The van der Waals surface area contributed by atoms with Crippen LogP contribution in [0, 0.1) is 6.92 Å². The molecule has 0 unspecified atom stereocenters. The fourth-order valence-electron chi connectivity index (χ4n) is 4.49. The van der Waals surface area contributed by atoms with Gasteiger partial charge in [-0.1, -0.05) is 30.5 Å². The molecule has 1 atom stereocenters. The topological polar surface area (TPSA) is 96.3 Å². The molecule has 0 radical (unpaired) electrons. The van der Waals surface area contributed by atoms with Crippen LogP contribution in [-0.4, -0.2) is 50.5 Å². The molecule has 4 rings (SSSR count). The van der Waals surface area contributed by atoms with Crippen LogP contribution in [0.25, 0.3) is 0 Å². The van der Waals surface area contributed by atoms with Crippen LogP contribution in [0.1, 0.15) is 66.1 Å². The van der Waals surface area contributed by atoms with Crippen molar-refractivity contribution in [2.24, 2.45) is 0 Å². The van der Waals surface area contributed by atoms with Crippen LogP contribution in [0.3, 0.4) is 0 Å². The minimum absolute atomic E-state index is 0.153. The van der Waals surface area contributed by atoms with Gasteiger partial charge in [0.2, 0.25) is 5.91 Å². The Morgan fingerprint density at radius 2 is 1.87 bits per heavy atom. The molecule has 0 bridgehead atoms. The van der Waals surface area contributed by atoms with Crippen molar-refractivity contribution in [3.05, 3.63) is 47.3 Å². The van der Waals surface area contributed by atoms with Crippen molar-refractivity contribution < 1.29 is 14.4 Å². The maximum Gasteiger partial charge on any atom is 0.276 e. The molecule has 1 aromatic carbocycles. The van der Waals surface area contributed by atoms with E-state index in [4.69, 9.17) is 0 Å². The summed E-state index contributed by atoms with van der Waals surface area (Å²) in [6.07, 6.45) is 4.16. The Kier molecular flexibility index (Phi) is 5.56. The van der Waals surface area contributed by atoms with Crippen molar-refractivity contribution in [3.63, 3.8) is 0 Å². The van der Waals surface area contributed by atoms with Gasteiger partial charge in [-0.25, -0.2) is 0 Å². The maximum absolute atomic E-state index is 13.2. The summed E-state index contributed by atoms with van der Waals surface area (Å²) in [5.41, 5.74) is 1.17. The van der Waals surface area contributed by atoms with Crippen molar-refractivity contribution in [2.45, 2.75) is 64.6 Å². The third-order valence-corrected chi connectivity index (χ3v) is 6.34. The summed E-state index contributed by atoms with van der Waals surface area (Å²) in [5, 5.41) is 10.3. The monoisotopic (exact) mass is 423 g/mol. The molecule has 1 aromatic heterocycles. The zero-order valence-electron chi connectivity index (χ0n) is 18.3. The molecule has 0 spiro atoms. The zero-order chi connectivity index (χ0) is 22.2. The average molecular weight is 424 g/mol. The lowest BCUT2D eigenvalue weighted by atomic mass is 9.94. The Bertz CT molecular complexity index is 1010. The number of fused-ring (bicyclic) bond motifs is 1. The summed E-state index contributed by atoms with van der Waals surface area (Å²) in [4.78, 5) is 40.7. The van der Waals surface area contributed by atoms with E-state index in [0.29, 0.717) is 17.9 Å². The van der Waals surface area contributed by atoms with E-state index in [0.717, 1.165) is 31.2 Å². The number of likely N-dealkylation sites (N-methyl/N-ethyl adjacent to an activating group) is 1. The molecule has 2 N–H and O–H groups in total. The summed E-state index contributed by atoms with van der Waals surface area (Å²) in [7, 11) is 0. The highest BCUT2D eigenvalue weighted by Crippen LogP contribution is 2.28. The van der Waals surface area contributed by atoms with Gasteiger partial charge in [-0.3, -0.25) is 19.1 Å². The van der Waals surface area contributed by atoms with Gasteiger partial charge >= 0.3 is 0 Å². The van der Waals surface area contributed by atoms with Crippen LogP contribution in [0.2, 0.25) is 0 Å². The predicted octanol–water partition coefficient (Wildman–Crippen LogP) is 2.74. The Hall–Kier alpha value is -3.16. The number of carbonyl (C=O) groups excluding carboxylic acids is 3. The van der Waals surface area contributed by atoms with Gasteiger partial charge in [0.15, 0.2) is 5.69 Å². The molecule has 0 saturated heterocycles. The number of aryl methyl sites for hydroxylation is 1. The summed E-state index contributed by atoms with van der Waals surface area (Å²) in [5.74, 6) is -0.847. The number of carbonyl (C=O) groups is 3. The maximum atomic E-state index is 13.2. The first-order valence-electron chi connectivity index (χ1n) is 10.9. The molecule has 2 heterocycles. The highest BCUT2D eigenvalue weighted by Gasteiger charge is 2.48. The number of benzene rings is 1. The number of aromatic nitrogens is 2. The van der Waals surface area contributed by atoms with E-state index in [1.54, 1.807) is 11.8 Å². The van der Waals surface area contributed by atoms with Gasteiger partial charge in [-0.05, 0) is 45.7 Å². The van der Waals surface area contributed by atoms with Crippen molar-refractivity contribution in [1.29, 1.82) is 0 Å². The van der Waals surface area contributed by atoms with Gasteiger partial charge in [-0.2, -0.15) is 5.10 Å². The predicted molar refractivity (Wildman–Crippen MR) is 117 cm³/mol. The van der Waals surface area contributed by atoms with Crippen LogP contribution in [-0.2, 0) is 11.3 Å². The van der Waals surface area contributed by atoms with E-state index >= 15 is 0 Å². The molecule has 2 aliphatic rings. The molecule has 2 aromatic rings. The number of nitrogens with zero attached hydrogens (tertiary/aromatic N) is 3. The molecule has 3 amide bonds. The first kappa shape index (κ1) is 21.1. The lowest BCUT2D eigenvalue weighted by Crippen LogP contribution is -2.64. The van der Waals surface area contributed by atoms with Crippen LogP contribution in [0.5, 0.6) is 0 Å². The number of rotatable bonds is 5. The van der Waals surface area contributed by atoms with Gasteiger partial charge in [0, 0.05) is 24.3 Å². The summed E-state index contributed by atoms with van der Waals surface area (Å²) in [6.45, 7) is 6.20. The standard InChI is InChI=1S/C23H29N5O3/c1-4-27-21(30)19-13-18(20(29)24-17-11-9-15(2)10-12-17)26-28(19)14-23(27,3)22(31)25-16-7-5-6-8-16/h9-13,16H,4-8,14H2,1-3H3,(H,24,29)(H,25,31)/t23-/m1/s1. The van der Waals surface area contributed by atoms with Gasteiger partial charge in [0.25, 0.3) is 11.8 Å². The Balaban J connectivity index is 1.57. The van der Waals surface area contributed by atoms with E-state index in [1.165, 1.54) is 10.7 Å². The van der Waals surface area contributed by atoms with Gasteiger partial charge in [0.05, 0.1) is 6.54 Å². The molecular formula is C23H29N5O3. The molecular weight excluding hydrogens is 394 g/mol. The molecule has 8 nitrogen and oxygen atoms in total. The van der Waals surface area contributed by atoms with Crippen LogP contribution in [0.4, 0.5) is 5.69 Å². The van der Waals surface area contributed by atoms with Crippen molar-refractivity contribution in [1.82, 2.24) is 20.0 Å². The second-order valence-corrected chi connectivity index (χ2v) is 8.67. The van der Waals surface area contributed by atoms with E-state index in [2.05, 4.69) is 15.7 Å². The Morgan fingerprint density at radius 1 is 1.19 bits per heavy atom. The van der Waals surface area contributed by atoms with Crippen molar-refractivity contribution in [2.75, 3.05) is 11.9 Å². The molecule has 31 heavy (non-hydrogen) atoms. The Morgan fingerprint density at radius 3 is 2.52 bits per heavy atom. The van der Waals surface area contributed by atoms with Crippen LogP contribution in [0.15, 0.2) is 30.3 Å². The van der Waals surface area contributed by atoms with E-state index in [9.17, 15) is 14.4 Å². The molecule has 1 fully saturated rings. The Labute approximate surface area is 182 Å². The summed E-state index contributed by atoms with van der Waals surface area (Å²) >= 11 is 0. The zero-order valence-corrected chi connectivity index (χ0v) is 18.3. The molecule has 8 heteroatoms. The SMILES string of the molecule is CCN1C(=O)c2cc(C(=O)Nc3ccc(C)cc3)nn2C[C@]1(C)C(=O)NC1CCCC1. The number of nitrogens with one attached hydrogen (secondary N) is 2. The lowest BCUT2D eigenvalue weighted by Gasteiger charge is -2.43. The molecule has 1 aliphatic carbocycles. The number of amides is 3. The number of hydrogen-bond donors (Lipinski definition) is 2. The van der Waals surface area contributed by atoms with E-state index < -0.39 is 11.4 Å². The fourth-order valence-corrected chi connectivity index (χ4v) is 4.49. The first-order chi connectivity index (χ1) is 14.8. The summed E-state index contributed by atoms with van der Waals surface area (Å²) in [6, 6.07) is 9.11. The average Bonchev–Trinajstić information content (AvgIpc) is 3.40. The van der Waals surface area contributed by atoms with Gasteiger partial charge in [0.1, 0.15) is 11.2 Å². The van der Waals surface area contributed by atoms with E-state index in [1.807, 2.05) is 38.1 Å². The normalized spacial score (nSPS) is 21.1. The van der Waals surface area contributed by atoms with Crippen molar-refractivity contribution in [3.8, 4) is 0 Å². The smallest absolute Gasteiger partial charge is 0.276 e.